The molecule has 1 aliphatic heterocycles. The minimum Gasteiger partial charge on any atom is -0.342 e. The van der Waals surface area contributed by atoms with Gasteiger partial charge in [-0.25, -0.2) is 0 Å². The van der Waals surface area contributed by atoms with Crippen molar-refractivity contribution in [3.63, 3.8) is 0 Å². The van der Waals surface area contributed by atoms with Gasteiger partial charge in [-0.1, -0.05) is 24.6 Å². The second kappa shape index (κ2) is 7.59. The third-order valence-corrected chi connectivity index (χ3v) is 5.97. The first-order valence-electron chi connectivity index (χ1n) is 9.38. The lowest BCUT2D eigenvalue weighted by Crippen LogP contribution is -2.43. The van der Waals surface area contributed by atoms with Crippen LogP contribution in [-0.2, 0) is 11.0 Å². The Hall–Kier alpha value is -1.56. The first-order chi connectivity index (χ1) is 12.3. The number of halogens is 3. The van der Waals surface area contributed by atoms with Crippen molar-refractivity contribution in [2.45, 2.75) is 50.2 Å². The lowest BCUT2D eigenvalue weighted by atomic mass is 9.80. The molecule has 3 nitrogen and oxygen atoms in total. The molecule has 1 heterocycles. The van der Waals surface area contributed by atoms with Crippen LogP contribution in [-0.4, -0.2) is 48.9 Å². The highest BCUT2D eigenvalue weighted by Crippen LogP contribution is 2.38. The Kier molecular flexibility index (Phi) is 5.61. The Morgan fingerprint density at radius 2 is 2.00 bits per heavy atom. The number of hydrogen-bond donors (Lipinski definition) is 0. The van der Waals surface area contributed by atoms with Crippen LogP contribution in [0.5, 0.6) is 0 Å². The second-order valence-corrected chi connectivity index (χ2v) is 7.84. The van der Waals surface area contributed by atoms with E-state index in [1.54, 1.807) is 6.07 Å². The molecule has 2 fully saturated rings. The Morgan fingerprint density at radius 3 is 2.65 bits per heavy atom. The smallest absolute Gasteiger partial charge is 0.342 e. The molecule has 3 rings (SSSR count). The van der Waals surface area contributed by atoms with Crippen molar-refractivity contribution < 1.29 is 18.0 Å². The molecule has 1 aliphatic carbocycles. The molecule has 1 saturated heterocycles. The van der Waals surface area contributed by atoms with E-state index in [9.17, 15) is 18.0 Å². The van der Waals surface area contributed by atoms with Gasteiger partial charge in [0.2, 0.25) is 5.91 Å². The summed E-state index contributed by atoms with van der Waals surface area (Å²) in [6.07, 6.45) is 0.0704. The first-order valence-corrected chi connectivity index (χ1v) is 9.38. The SMILES string of the molecule is CN1CCC(C(=O)N(C)C2CCCC(c3cccc(C(F)(F)F)c3)C2)C1. The molecule has 26 heavy (non-hydrogen) atoms. The fraction of sp³-hybridized carbons (Fsp3) is 0.650. The summed E-state index contributed by atoms with van der Waals surface area (Å²) in [5.41, 5.74) is 0.154. The maximum Gasteiger partial charge on any atom is 0.416 e. The van der Waals surface area contributed by atoms with Gasteiger partial charge in [0.15, 0.2) is 0 Å². The number of rotatable bonds is 3. The van der Waals surface area contributed by atoms with Gasteiger partial charge in [0.1, 0.15) is 0 Å². The normalized spacial score (nSPS) is 27.5. The highest BCUT2D eigenvalue weighted by atomic mass is 19.4. The largest absolute Gasteiger partial charge is 0.416 e. The van der Waals surface area contributed by atoms with Crippen LogP contribution in [0.15, 0.2) is 24.3 Å². The molecule has 1 aromatic carbocycles. The monoisotopic (exact) mass is 368 g/mol. The summed E-state index contributed by atoms with van der Waals surface area (Å²) in [5, 5.41) is 0. The van der Waals surface area contributed by atoms with Crippen LogP contribution >= 0.6 is 0 Å². The number of amides is 1. The molecule has 2 aliphatic rings. The molecule has 0 radical (unpaired) electrons. The zero-order chi connectivity index (χ0) is 18.9. The van der Waals surface area contributed by atoms with Crippen LogP contribution in [0, 0.1) is 5.92 Å². The number of carbonyl (C=O) groups is 1. The summed E-state index contributed by atoms with van der Waals surface area (Å²) < 4.78 is 39.0. The Bertz CT molecular complexity index is 646. The van der Waals surface area contributed by atoms with Gasteiger partial charge in [-0.05, 0) is 56.8 Å². The summed E-state index contributed by atoms with van der Waals surface area (Å²) in [6, 6.07) is 5.79. The number of alkyl halides is 3. The molecule has 1 amide bonds. The van der Waals surface area contributed by atoms with Crippen molar-refractivity contribution in [1.29, 1.82) is 0 Å². The summed E-state index contributed by atoms with van der Waals surface area (Å²) >= 11 is 0. The van der Waals surface area contributed by atoms with E-state index in [-0.39, 0.29) is 23.8 Å². The third kappa shape index (κ3) is 4.22. The molecular formula is C20H27F3N2O. The van der Waals surface area contributed by atoms with Gasteiger partial charge in [-0.2, -0.15) is 13.2 Å². The maximum atomic E-state index is 13.0. The second-order valence-electron chi connectivity index (χ2n) is 7.84. The van der Waals surface area contributed by atoms with Crippen LogP contribution in [0.4, 0.5) is 13.2 Å². The van der Waals surface area contributed by atoms with E-state index < -0.39 is 11.7 Å². The quantitative estimate of drug-likeness (QED) is 0.801. The predicted octanol–water partition coefficient (Wildman–Crippen LogP) is 4.14. The summed E-state index contributed by atoms with van der Waals surface area (Å²) in [4.78, 5) is 16.8. The van der Waals surface area contributed by atoms with Gasteiger partial charge in [0.25, 0.3) is 0 Å². The average Bonchev–Trinajstić information content (AvgIpc) is 3.06. The molecule has 0 N–H and O–H groups in total. The van der Waals surface area contributed by atoms with Crippen molar-refractivity contribution in [3.05, 3.63) is 35.4 Å². The number of hydrogen-bond acceptors (Lipinski definition) is 2. The zero-order valence-electron chi connectivity index (χ0n) is 15.4. The van der Waals surface area contributed by atoms with Gasteiger partial charge in [-0.15, -0.1) is 0 Å². The van der Waals surface area contributed by atoms with Gasteiger partial charge in [-0.3, -0.25) is 4.79 Å². The topological polar surface area (TPSA) is 23.6 Å². The predicted molar refractivity (Wildman–Crippen MR) is 94.8 cm³/mol. The maximum absolute atomic E-state index is 13.0. The molecule has 6 heteroatoms. The van der Waals surface area contributed by atoms with Crippen molar-refractivity contribution in [2.24, 2.45) is 5.92 Å². The first kappa shape index (κ1) is 19.2. The third-order valence-electron chi connectivity index (χ3n) is 5.97. The van der Waals surface area contributed by atoms with E-state index in [2.05, 4.69) is 4.90 Å². The Morgan fingerprint density at radius 1 is 1.23 bits per heavy atom. The van der Waals surface area contributed by atoms with Crippen LogP contribution < -0.4 is 0 Å². The molecular weight excluding hydrogens is 341 g/mol. The molecule has 0 bridgehead atoms. The standard InChI is InChI=1S/C20H27F3N2O/c1-24-10-9-16(13-24)19(26)25(2)18-8-4-6-15(12-18)14-5-3-7-17(11-14)20(21,22)23/h3,5,7,11,15-16,18H,4,6,8-10,12-13H2,1-2H3. The van der Waals surface area contributed by atoms with E-state index in [0.717, 1.165) is 56.8 Å². The molecule has 3 atom stereocenters. The van der Waals surface area contributed by atoms with Gasteiger partial charge >= 0.3 is 6.18 Å². The van der Waals surface area contributed by atoms with E-state index in [4.69, 9.17) is 0 Å². The fourth-order valence-corrected chi connectivity index (χ4v) is 4.39. The zero-order valence-corrected chi connectivity index (χ0v) is 15.4. The lowest BCUT2D eigenvalue weighted by Gasteiger charge is -2.37. The molecule has 3 unspecified atom stereocenters. The molecule has 1 aromatic rings. The van der Waals surface area contributed by atoms with E-state index in [0.29, 0.717) is 0 Å². The van der Waals surface area contributed by atoms with Gasteiger partial charge in [0, 0.05) is 19.6 Å². The Labute approximate surface area is 153 Å². The molecule has 144 valence electrons. The van der Waals surface area contributed by atoms with Crippen LogP contribution in [0.3, 0.4) is 0 Å². The van der Waals surface area contributed by atoms with E-state index in [1.807, 2.05) is 19.0 Å². The van der Waals surface area contributed by atoms with Crippen molar-refractivity contribution >= 4 is 5.91 Å². The van der Waals surface area contributed by atoms with Crippen molar-refractivity contribution in [2.75, 3.05) is 27.2 Å². The molecule has 0 spiro atoms. The summed E-state index contributed by atoms with van der Waals surface area (Å²) in [5.74, 6) is 0.320. The van der Waals surface area contributed by atoms with E-state index >= 15 is 0 Å². The van der Waals surface area contributed by atoms with Gasteiger partial charge < -0.3 is 9.80 Å². The van der Waals surface area contributed by atoms with Crippen molar-refractivity contribution in [3.8, 4) is 0 Å². The highest BCUT2D eigenvalue weighted by molar-refractivity contribution is 5.79. The highest BCUT2D eigenvalue weighted by Gasteiger charge is 2.35. The van der Waals surface area contributed by atoms with Gasteiger partial charge in [0.05, 0.1) is 11.5 Å². The van der Waals surface area contributed by atoms with Crippen LogP contribution in [0.1, 0.15) is 49.1 Å². The fourth-order valence-electron chi connectivity index (χ4n) is 4.39. The molecule has 0 aromatic heterocycles. The molecule has 1 saturated carbocycles. The average molecular weight is 368 g/mol. The van der Waals surface area contributed by atoms with Crippen molar-refractivity contribution in [1.82, 2.24) is 9.80 Å². The number of carbonyl (C=O) groups excluding carboxylic acids is 1. The minimum atomic E-state index is -4.31. The van der Waals surface area contributed by atoms with Crippen LogP contribution in [0.2, 0.25) is 0 Å². The van der Waals surface area contributed by atoms with Crippen LogP contribution in [0.25, 0.3) is 0 Å². The lowest BCUT2D eigenvalue weighted by molar-refractivity contribution is -0.137. The van der Waals surface area contributed by atoms with E-state index in [1.165, 1.54) is 12.1 Å². The minimum absolute atomic E-state index is 0.0546. The number of benzene rings is 1. The summed E-state index contributed by atoms with van der Waals surface area (Å²) in [6.45, 7) is 1.74. The number of nitrogens with zero attached hydrogens (tertiary/aromatic N) is 2. The Balaban J connectivity index is 1.68. The summed E-state index contributed by atoms with van der Waals surface area (Å²) in [7, 11) is 3.89. The number of likely N-dealkylation sites (tertiary alicyclic amines) is 1.